The van der Waals surface area contributed by atoms with Crippen LogP contribution in [0.2, 0.25) is 0 Å². The number of rotatable bonds is 11. The summed E-state index contributed by atoms with van der Waals surface area (Å²) in [6.45, 7) is 10.0. The third kappa shape index (κ3) is 7.89. The first kappa shape index (κ1) is 33.8. The van der Waals surface area contributed by atoms with Crippen molar-refractivity contribution in [2.24, 2.45) is 5.92 Å². The van der Waals surface area contributed by atoms with Crippen LogP contribution in [0.1, 0.15) is 63.2 Å². The summed E-state index contributed by atoms with van der Waals surface area (Å²) in [6.07, 6.45) is 8.80. The number of fused-ring (bicyclic) bond motifs is 1. The first-order chi connectivity index (χ1) is 24.9. The van der Waals surface area contributed by atoms with E-state index in [1.807, 2.05) is 78.6 Å². The summed E-state index contributed by atoms with van der Waals surface area (Å²) < 4.78 is 2.18. The molecule has 6 aromatic rings. The Morgan fingerprint density at radius 1 is 0.882 bits per heavy atom. The van der Waals surface area contributed by atoms with E-state index in [0.29, 0.717) is 31.1 Å². The molecule has 3 aromatic carbocycles. The van der Waals surface area contributed by atoms with Crippen LogP contribution in [0.5, 0.6) is 0 Å². The standard InChI is InChI=1S/C44H44N6O/c1-31-14-18-36(19-15-31)43(32(2)38-22-24-45-27-38)40-13-7-11-39(48-40)12-8-26-49(29-34-9-5-4-6-10-34)44(51)37-20-16-35(17-21-37)30-50-33(3)47-41-28-46-25-23-42(41)50/h4-21,23,25,28,38,45H,22,24,26-27,29-30H2,1-3H3. The molecule has 1 unspecified atom stereocenters. The third-order valence-electron chi connectivity index (χ3n) is 9.83. The van der Waals surface area contributed by atoms with Crippen LogP contribution in [-0.2, 0) is 13.1 Å². The number of pyridine rings is 2. The largest absolute Gasteiger partial charge is 0.331 e. The monoisotopic (exact) mass is 672 g/mol. The number of amides is 1. The fourth-order valence-corrected chi connectivity index (χ4v) is 6.95. The van der Waals surface area contributed by atoms with Crippen molar-refractivity contribution in [3.63, 3.8) is 0 Å². The molecular weight excluding hydrogens is 629 g/mol. The second-order valence-corrected chi connectivity index (χ2v) is 13.4. The van der Waals surface area contributed by atoms with Crippen LogP contribution in [0.3, 0.4) is 0 Å². The predicted molar refractivity (Wildman–Crippen MR) is 206 cm³/mol. The minimum atomic E-state index is -0.0162. The van der Waals surface area contributed by atoms with Gasteiger partial charge in [-0.05, 0) is 92.8 Å². The van der Waals surface area contributed by atoms with Gasteiger partial charge in [-0.15, -0.1) is 0 Å². The highest BCUT2D eigenvalue weighted by Gasteiger charge is 2.22. The van der Waals surface area contributed by atoms with Crippen LogP contribution in [0.25, 0.3) is 22.7 Å². The number of aromatic nitrogens is 4. The number of aryl methyl sites for hydroxylation is 2. The van der Waals surface area contributed by atoms with E-state index < -0.39 is 0 Å². The van der Waals surface area contributed by atoms with Gasteiger partial charge in [0, 0.05) is 43.5 Å². The molecule has 0 saturated carbocycles. The Hall–Kier alpha value is -5.66. The third-order valence-corrected chi connectivity index (χ3v) is 9.83. The van der Waals surface area contributed by atoms with Gasteiger partial charge in [0.1, 0.15) is 11.3 Å². The van der Waals surface area contributed by atoms with Crippen molar-refractivity contribution in [3.05, 3.63) is 172 Å². The highest BCUT2D eigenvalue weighted by molar-refractivity contribution is 5.94. The Morgan fingerprint density at radius 3 is 2.43 bits per heavy atom. The van der Waals surface area contributed by atoms with Crippen molar-refractivity contribution in [2.75, 3.05) is 19.6 Å². The molecule has 7 nitrogen and oxygen atoms in total. The Balaban J connectivity index is 1.11. The molecular formula is C44H44N6O. The first-order valence-corrected chi connectivity index (χ1v) is 17.7. The summed E-state index contributed by atoms with van der Waals surface area (Å²) in [6, 6.07) is 35.1. The van der Waals surface area contributed by atoms with E-state index in [-0.39, 0.29) is 5.91 Å². The molecule has 1 fully saturated rings. The summed E-state index contributed by atoms with van der Waals surface area (Å²) in [5.41, 5.74) is 11.6. The quantitative estimate of drug-likeness (QED) is 0.150. The second kappa shape index (κ2) is 15.5. The molecule has 1 aliphatic heterocycles. The molecule has 0 spiro atoms. The average Bonchev–Trinajstić information content (AvgIpc) is 3.81. The Bertz CT molecular complexity index is 2180. The van der Waals surface area contributed by atoms with Gasteiger partial charge in [0.25, 0.3) is 5.91 Å². The SMILES string of the molecule is CC(=C(c1ccc(C)cc1)c1cccc(C=CCN(Cc2ccccc2)C(=O)c2ccc(Cn3c(C)nc4cnccc43)cc2)n1)C1CCNC1. The lowest BCUT2D eigenvalue weighted by Crippen LogP contribution is -2.30. The van der Waals surface area contributed by atoms with E-state index in [9.17, 15) is 4.79 Å². The van der Waals surface area contributed by atoms with E-state index in [1.165, 1.54) is 22.3 Å². The molecule has 3 aromatic heterocycles. The van der Waals surface area contributed by atoms with Gasteiger partial charge in [-0.3, -0.25) is 9.78 Å². The maximum absolute atomic E-state index is 14.0. The summed E-state index contributed by atoms with van der Waals surface area (Å²) in [5, 5.41) is 3.52. The van der Waals surface area contributed by atoms with Gasteiger partial charge in [-0.2, -0.15) is 0 Å². The zero-order valence-electron chi connectivity index (χ0n) is 29.6. The average molecular weight is 673 g/mol. The number of nitrogens with zero attached hydrogens (tertiary/aromatic N) is 5. The molecule has 4 heterocycles. The maximum atomic E-state index is 14.0. The molecule has 51 heavy (non-hydrogen) atoms. The lowest BCUT2D eigenvalue weighted by molar-refractivity contribution is 0.0763. The molecule has 1 aliphatic rings. The van der Waals surface area contributed by atoms with E-state index in [0.717, 1.165) is 58.9 Å². The topological polar surface area (TPSA) is 75.9 Å². The van der Waals surface area contributed by atoms with E-state index in [2.05, 4.69) is 82.2 Å². The lowest BCUT2D eigenvalue weighted by Gasteiger charge is -2.22. The Labute approximate surface area is 300 Å². The number of carbonyl (C=O) groups is 1. The van der Waals surface area contributed by atoms with Crippen molar-refractivity contribution in [3.8, 4) is 0 Å². The van der Waals surface area contributed by atoms with Crippen LogP contribution < -0.4 is 5.32 Å². The van der Waals surface area contributed by atoms with Crippen LogP contribution in [0, 0.1) is 19.8 Å². The van der Waals surface area contributed by atoms with E-state index >= 15 is 0 Å². The lowest BCUT2D eigenvalue weighted by atomic mass is 9.88. The normalized spacial score (nSPS) is 15.0. The number of carbonyl (C=O) groups excluding carboxylic acids is 1. The molecule has 1 saturated heterocycles. The minimum absolute atomic E-state index is 0.0162. The molecule has 1 amide bonds. The molecule has 1 atom stereocenters. The second-order valence-electron chi connectivity index (χ2n) is 13.4. The summed E-state index contributed by atoms with van der Waals surface area (Å²) in [5.74, 6) is 1.40. The number of benzene rings is 3. The predicted octanol–water partition coefficient (Wildman–Crippen LogP) is 8.28. The van der Waals surface area contributed by atoms with Crippen molar-refractivity contribution in [1.29, 1.82) is 0 Å². The van der Waals surface area contributed by atoms with Gasteiger partial charge >= 0.3 is 0 Å². The van der Waals surface area contributed by atoms with E-state index in [4.69, 9.17) is 4.98 Å². The molecule has 256 valence electrons. The van der Waals surface area contributed by atoms with Gasteiger partial charge in [-0.25, -0.2) is 9.97 Å². The van der Waals surface area contributed by atoms with Crippen molar-refractivity contribution >= 4 is 28.6 Å². The van der Waals surface area contributed by atoms with Gasteiger partial charge in [0.15, 0.2) is 0 Å². The molecule has 0 radical (unpaired) electrons. The van der Waals surface area contributed by atoms with Gasteiger partial charge in [0.2, 0.25) is 0 Å². The van der Waals surface area contributed by atoms with Crippen molar-refractivity contribution < 1.29 is 4.79 Å². The maximum Gasteiger partial charge on any atom is 0.254 e. The number of hydrogen-bond donors (Lipinski definition) is 1. The Kier molecular flexibility index (Phi) is 10.3. The molecule has 0 aliphatic carbocycles. The highest BCUT2D eigenvalue weighted by atomic mass is 16.2. The van der Waals surface area contributed by atoms with Crippen LogP contribution >= 0.6 is 0 Å². The van der Waals surface area contributed by atoms with Crippen molar-refractivity contribution in [1.82, 2.24) is 29.7 Å². The first-order valence-electron chi connectivity index (χ1n) is 17.7. The fourth-order valence-electron chi connectivity index (χ4n) is 6.95. The van der Waals surface area contributed by atoms with Gasteiger partial charge in [0.05, 0.1) is 23.1 Å². The molecule has 1 N–H and O–H groups in total. The van der Waals surface area contributed by atoms with E-state index in [1.54, 1.807) is 12.4 Å². The van der Waals surface area contributed by atoms with Crippen LogP contribution in [0.15, 0.2) is 127 Å². The number of nitrogens with one attached hydrogen (secondary N) is 1. The number of imidazole rings is 1. The summed E-state index contributed by atoms with van der Waals surface area (Å²) in [4.78, 5) is 29.9. The molecule has 7 heteroatoms. The van der Waals surface area contributed by atoms with Gasteiger partial charge < -0.3 is 14.8 Å². The van der Waals surface area contributed by atoms with Crippen molar-refractivity contribution in [2.45, 2.75) is 40.3 Å². The molecule has 0 bridgehead atoms. The smallest absolute Gasteiger partial charge is 0.254 e. The Morgan fingerprint density at radius 2 is 1.67 bits per heavy atom. The van der Waals surface area contributed by atoms with Crippen LogP contribution in [0.4, 0.5) is 0 Å². The van der Waals surface area contributed by atoms with Crippen LogP contribution in [-0.4, -0.2) is 50.0 Å². The number of hydrogen-bond acceptors (Lipinski definition) is 5. The highest BCUT2D eigenvalue weighted by Crippen LogP contribution is 2.32. The fraction of sp³-hybridized carbons (Fsp3) is 0.227. The zero-order chi connectivity index (χ0) is 35.2. The zero-order valence-corrected chi connectivity index (χ0v) is 29.6. The van der Waals surface area contributed by atoms with Gasteiger partial charge in [-0.1, -0.05) is 90.0 Å². The summed E-state index contributed by atoms with van der Waals surface area (Å²) in [7, 11) is 0. The summed E-state index contributed by atoms with van der Waals surface area (Å²) >= 11 is 0. The molecule has 7 rings (SSSR count). The minimum Gasteiger partial charge on any atom is -0.331 e.